The molecule has 0 saturated carbocycles. The third-order valence-corrected chi connectivity index (χ3v) is 6.06. The van der Waals surface area contributed by atoms with E-state index in [0.717, 1.165) is 16.7 Å². The Morgan fingerprint density at radius 2 is 1.27 bits per heavy atom. The van der Waals surface area contributed by atoms with E-state index >= 15 is 0 Å². The summed E-state index contributed by atoms with van der Waals surface area (Å²) in [6, 6.07) is 29.7. The molecule has 33 heavy (non-hydrogen) atoms. The number of nitrogens with zero attached hydrogens (tertiary/aromatic N) is 2. The zero-order valence-corrected chi connectivity index (χ0v) is 19.2. The van der Waals surface area contributed by atoms with Gasteiger partial charge in [0.2, 0.25) is 5.91 Å². The zero-order valence-electron chi connectivity index (χ0n) is 19.2. The van der Waals surface area contributed by atoms with Crippen LogP contribution in [-0.2, 0) is 29.0 Å². The lowest BCUT2D eigenvalue weighted by atomic mass is 9.92. The van der Waals surface area contributed by atoms with Crippen molar-refractivity contribution in [3.63, 3.8) is 0 Å². The van der Waals surface area contributed by atoms with Crippen molar-refractivity contribution in [3.05, 3.63) is 108 Å². The molecule has 5 nitrogen and oxygen atoms in total. The molecule has 4 rings (SSSR count). The summed E-state index contributed by atoms with van der Waals surface area (Å²) < 4.78 is 5.63. The molecule has 1 heterocycles. The van der Waals surface area contributed by atoms with Gasteiger partial charge in [-0.3, -0.25) is 9.69 Å². The van der Waals surface area contributed by atoms with Crippen LogP contribution >= 0.6 is 0 Å². The smallest absolute Gasteiger partial charge is 0.417 e. The van der Waals surface area contributed by atoms with Gasteiger partial charge in [0.15, 0.2) is 0 Å². The quantitative estimate of drug-likeness (QED) is 0.489. The summed E-state index contributed by atoms with van der Waals surface area (Å²) in [6.45, 7) is 5.09. The van der Waals surface area contributed by atoms with Crippen LogP contribution in [0.4, 0.5) is 4.79 Å². The van der Waals surface area contributed by atoms with Crippen molar-refractivity contribution in [2.24, 2.45) is 0 Å². The van der Waals surface area contributed by atoms with Gasteiger partial charge in [-0.15, -0.1) is 0 Å². The Bertz CT molecular complexity index is 1030. The number of hydrogen-bond acceptors (Lipinski definition) is 4. The molecule has 0 spiro atoms. The molecule has 0 aromatic heterocycles. The molecule has 1 aliphatic heterocycles. The topological polar surface area (TPSA) is 49.9 Å². The molecule has 170 valence electrons. The highest BCUT2D eigenvalue weighted by Crippen LogP contribution is 2.32. The molecule has 3 aromatic carbocycles. The molecule has 2 amide bonds. The average molecular weight is 443 g/mol. The Morgan fingerprint density at radius 3 is 1.76 bits per heavy atom. The van der Waals surface area contributed by atoms with E-state index in [9.17, 15) is 9.59 Å². The van der Waals surface area contributed by atoms with Crippen molar-refractivity contribution in [2.45, 2.75) is 45.0 Å². The first-order valence-electron chi connectivity index (χ1n) is 11.3. The average Bonchev–Trinajstić information content (AvgIpc) is 3.03. The van der Waals surface area contributed by atoms with Gasteiger partial charge in [0.05, 0.1) is 12.6 Å². The number of hydrogen-bond donors (Lipinski definition) is 0. The largest absolute Gasteiger partial charge is 0.441 e. The normalized spacial score (nSPS) is 17.2. The Hall–Kier alpha value is -3.44. The van der Waals surface area contributed by atoms with E-state index in [1.54, 1.807) is 0 Å². The lowest BCUT2D eigenvalue weighted by molar-refractivity contribution is -0.131. The summed E-state index contributed by atoms with van der Waals surface area (Å²) >= 11 is 0. The van der Waals surface area contributed by atoms with Gasteiger partial charge >= 0.3 is 6.09 Å². The fourth-order valence-electron chi connectivity index (χ4n) is 4.35. The Morgan fingerprint density at radius 1 is 0.818 bits per heavy atom. The van der Waals surface area contributed by atoms with Crippen molar-refractivity contribution >= 4 is 12.0 Å². The first-order chi connectivity index (χ1) is 15.9. The lowest BCUT2D eigenvalue weighted by Crippen LogP contribution is -2.49. The number of imide groups is 1. The van der Waals surface area contributed by atoms with Crippen molar-refractivity contribution in [2.75, 3.05) is 6.54 Å². The second kappa shape index (κ2) is 10.0. The van der Waals surface area contributed by atoms with E-state index in [1.807, 2.05) is 105 Å². The second-order valence-electron chi connectivity index (χ2n) is 9.06. The van der Waals surface area contributed by atoms with Crippen LogP contribution < -0.4 is 0 Å². The van der Waals surface area contributed by atoms with Crippen LogP contribution in [0.3, 0.4) is 0 Å². The molecule has 3 aromatic rings. The zero-order chi connectivity index (χ0) is 23.3. The molecule has 1 saturated heterocycles. The summed E-state index contributed by atoms with van der Waals surface area (Å²) in [5, 5.41) is 0. The van der Waals surface area contributed by atoms with Gasteiger partial charge in [-0.2, -0.15) is 0 Å². The predicted molar refractivity (Wildman–Crippen MR) is 128 cm³/mol. The summed E-state index contributed by atoms with van der Waals surface area (Å²) in [5.41, 5.74) is 2.54. The maximum Gasteiger partial charge on any atom is 0.417 e. The highest BCUT2D eigenvalue weighted by Gasteiger charge is 2.50. The van der Waals surface area contributed by atoms with Crippen LogP contribution in [0.2, 0.25) is 0 Å². The van der Waals surface area contributed by atoms with E-state index in [1.165, 1.54) is 4.90 Å². The third-order valence-electron chi connectivity index (χ3n) is 6.06. The number of carbonyl (C=O) groups is 2. The molecule has 1 fully saturated rings. The molecule has 5 heteroatoms. The molecule has 0 aliphatic carbocycles. The molecule has 0 bridgehead atoms. The standard InChI is InChI=1S/C28H30N2O3/c1-28(2)25(18-22-12-6-3-7-13-22)30(27(32)33-28)26(31)21-29(19-23-14-8-4-9-15-23)20-24-16-10-5-11-17-24/h3-17,25H,18-21H2,1-2H3/t25-/m0/s1. The van der Waals surface area contributed by atoms with E-state index in [4.69, 9.17) is 4.74 Å². The van der Waals surface area contributed by atoms with Gasteiger partial charge in [-0.1, -0.05) is 91.0 Å². The fourth-order valence-corrected chi connectivity index (χ4v) is 4.35. The van der Waals surface area contributed by atoms with Crippen LogP contribution in [0.5, 0.6) is 0 Å². The molecule has 0 radical (unpaired) electrons. The van der Waals surface area contributed by atoms with Gasteiger partial charge in [0.25, 0.3) is 0 Å². The van der Waals surface area contributed by atoms with E-state index in [0.29, 0.717) is 19.5 Å². The van der Waals surface area contributed by atoms with Crippen LogP contribution in [0.25, 0.3) is 0 Å². The molecule has 0 unspecified atom stereocenters. The molecular weight excluding hydrogens is 412 g/mol. The van der Waals surface area contributed by atoms with Gasteiger partial charge < -0.3 is 4.74 Å². The first kappa shape index (κ1) is 22.7. The molecular formula is C28H30N2O3. The SMILES string of the molecule is CC1(C)OC(=O)N(C(=O)CN(Cc2ccccc2)Cc2ccccc2)[C@H]1Cc1ccccc1. The minimum atomic E-state index is -0.758. The van der Waals surface area contributed by atoms with Crippen molar-refractivity contribution in [3.8, 4) is 0 Å². The number of cyclic esters (lactones) is 1. The van der Waals surface area contributed by atoms with E-state index < -0.39 is 11.7 Å². The van der Waals surface area contributed by atoms with Gasteiger partial charge in [0, 0.05) is 13.1 Å². The summed E-state index contributed by atoms with van der Waals surface area (Å²) in [7, 11) is 0. The van der Waals surface area contributed by atoms with Crippen LogP contribution in [0, 0.1) is 0 Å². The number of amides is 2. The maximum absolute atomic E-state index is 13.5. The summed E-state index contributed by atoms with van der Waals surface area (Å²) in [5.74, 6) is -0.238. The first-order valence-corrected chi connectivity index (χ1v) is 11.3. The molecule has 1 aliphatic rings. The number of benzene rings is 3. The van der Waals surface area contributed by atoms with Gasteiger partial charge in [0.1, 0.15) is 5.60 Å². The number of ether oxygens (including phenoxy) is 1. The third kappa shape index (κ3) is 5.68. The van der Waals surface area contributed by atoms with E-state index in [2.05, 4.69) is 4.90 Å². The summed E-state index contributed by atoms with van der Waals surface area (Å²) in [4.78, 5) is 29.7. The van der Waals surface area contributed by atoms with Crippen molar-refractivity contribution in [1.29, 1.82) is 0 Å². The second-order valence-corrected chi connectivity index (χ2v) is 9.06. The van der Waals surface area contributed by atoms with Crippen LogP contribution in [-0.4, -0.2) is 40.0 Å². The lowest BCUT2D eigenvalue weighted by Gasteiger charge is -2.30. The Kier molecular flexibility index (Phi) is 6.90. The van der Waals surface area contributed by atoms with Crippen LogP contribution in [0.1, 0.15) is 30.5 Å². The van der Waals surface area contributed by atoms with Crippen molar-refractivity contribution in [1.82, 2.24) is 9.80 Å². The highest BCUT2D eigenvalue weighted by molar-refractivity contribution is 5.95. The Balaban J connectivity index is 1.55. The number of carbonyl (C=O) groups excluding carboxylic acids is 2. The minimum absolute atomic E-state index is 0.125. The predicted octanol–water partition coefficient (Wildman–Crippen LogP) is 5.06. The monoisotopic (exact) mass is 442 g/mol. The van der Waals surface area contributed by atoms with Gasteiger partial charge in [-0.05, 0) is 37.0 Å². The molecule has 0 N–H and O–H groups in total. The molecule has 1 atom stereocenters. The van der Waals surface area contributed by atoms with E-state index in [-0.39, 0.29) is 18.5 Å². The highest BCUT2D eigenvalue weighted by atomic mass is 16.6. The van der Waals surface area contributed by atoms with Crippen LogP contribution in [0.15, 0.2) is 91.0 Å². The number of rotatable bonds is 8. The fraction of sp³-hybridized carbons (Fsp3) is 0.286. The van der Waals surface area contributed by atoms with Gasteiger partial charge in [-0.25, -0.2) is 9.69 Å². The Labute approximate surface area is 195 Å². The maximum atomic E-state index is 13.5. The minimum Gasteiger partial charge on any atom is -0.441 e. The van der Waals surface area contributed by atoms with Crippen molar-refractivity contribution < 1.29 is 14.3 Å². The summed E-state index contributed by atoms with van der Waals surface area (Å²) in [6.07, 6.45) is -0.00631.